The van der Waals surface area contributed by atoms with Gasteiger partial charge in [0.25, 0.3) is 15.9 Å². The number of hydrogen-bond donors (Lipinski definition) is 1. The molecule has 1 saturated carbocycles. The number of carbonyl (C=O) groups is 1. The highest BCUT2D eigenvalue weighted by molar-refractivity contribution is 7.89. The molecule has 1 N–H and O–H groups in total. The molecule has 1 fully saturated rings. The Hall–Kier alpha value is -1.44. The molecular formula is C17H26N2O4S. The summed E-state index contributed by atoms with van der Waals surface area (Å²) in [6, 6.07) is 5.86. The van der Waals surface area contributed by atoms with E-state index in [0.717, 1.165) is 16.8 Å². The summed E-state index contributed by atoms with van der Waals surface area (Å²) in [6.45, 7) is 0.655. The Balaban J connectivity index is 1.84. The van der Waals surface area contributed by atoms with Crippen LogP contribution in [0.3, 0.4) is 0 Å². The molecule has 2 rings (SSSR count). The lowest BCUT2D eigenvalue weighted by molar-refractivity contribution is -0.0258. The summed E-state index contributed by atoms with van der Waals surface area (Å²) in [6.07, 6.45) is 7.47. The Morgan fingerprint density at radius 1 is 1.25 bits per heavy atom. The predicted octanol–water partition coefficient (Wildman–Crippen LogP) is 2.57. The fraction of sp³-hybridized carbons (Fsp3) is 0.588. The average Bonchev–Trinajstić information content (AvgIpc) is 3.11. The number of carbonyl (C=O) groups excluding carboxylic acids is 1. The maximum atomic E-state index is 12.1. The van der Waals surface area contributed by atoms with Gasteiger partial charge < -0.3 is 5.32 Å². The summed E-state index contributed by atoms with van der Waals surface area (Å²) < 4.78 is 24.9. The molecule has 0 atom stereocenters. The minimum atomic E-state index is -3.68. The monoisotopic (exact) mass is 354 g/mol. The van der Waals surface area contributed by atoms with E-state index < -0.39 is 10.0 Å². The number of benzene rings is 1. The quantitative estimate of drug-likeness (QED) is 0.575. The predicted molar refractivity (Wildman–Crippen MR) is 91.9 cm³/mol. The normalized spacial score (nSPS) is 15.8. The van der Waals surface area contributed by atoms with Crippen molar-refractivity contribution in [3.63, 3.8) is 0 Å². The Morgan fingerprint density at radius 2 is 1.88 bits per heavy atom. The summed E-state index contributed by atoms with van der Waals surface area (Å²) >= 11 is 0. The second-order valence-electron chi connectivity index (χ2n) is 6.17. The lowest BCUT2D eigenvalue weighted by atomic mass is 10.0. The second-order valence-corrected chi connectivity index (χ2v) is 8.11. The van der Waals surface area contributed by atoms with Crippen molar-refractivity contribution >= 4 is 15.9 Å². The van der Waals surface area contributed by atoms with E-state index in [1.165, 1.54) is 70.5 Å². The first kappa shape index (κ1) is 18.9. The largest absolute Gasteiger partial charge is 0.352 e. The molecule has 0 aliphatic heterocycles. The van der Waals surface area contributed by atoms with Crippen LogP contribution in [0.25, 0.3) is 0 Å². The Kier molecular flexibility index (Phi) is 6.77. The lowest BCUT2D eigenvalue weighted by Crippen LogP contribution is -2.26. The van der Waals surface area contributed by atoms with E-state index in [4.69, 9.17) is 4.84 Å². The average molecular weight is 354 g/mol. The number of amides is 1. The van der Waals surface area contributed by atoms with Crippen LogP contribution in [0.5, 0.6) is 0 Å². The van der Waals surface area contributed by atoms with Gasteiger partial charge in [-0.1, -0.05) is 30.2 Å². The number of hydroxylamine groups is 1. The highest BCUT2D eigenvalue weighted by Gasteiger charge is 2.21. The molecular weight excluding hydrogens is 328 g/mol. The number of hydrogen-bond acceptors (Lipinski definition) is 4. The van der Waals surface area contributed by atoms with E-state index in [9.17, 15) is 13.2 Å². The van der Waals surface area contributed by atoms with Crippen molar-refractivity contribution in [3.8, 4) is 0 Å². The molecule has 0 bridgehead atoms. The van der Waals surface area contributed by atoms with Gasteiger partial charge in [-0.25, -0.2) is 8.42 Å². The lowest BCUT2D eigenvalue weighted by Gasteiger charge is -2.14. The third kappa shape index (κ3) is 4.78. The Morgan fingerprint density at radius 3 is 2.46 bits per heavy atom. The molecule has 1 aromatic carbocycles. The first-order chi connectivity index (χ1) is 11.4. The van der Waals surface area contributed by atoms with E-state index in [0.29, 0.717) is 12.1 Å². The summed E-state index contributed by atoms with van der Waals surface area (Å²) in [7, 11) is -1.08. The van der Waals surface area contributed by atoms with Crippen molar-refractivity contribution in [2.45, 2.75) is 43.4 Å². The molecule has 1 aliphatic rings. The molecule has 24 heavy (non-hydrogen) atoms. The van der Waals surface area contributed by atoms with Crippen LogP contribution in [-0.2, 0) is 14.9 Å². The van der Waals surface area contributed by atoms with Crippen LogP contribution in [-0.4, -0.2) is 39.5 Å². The van der Waals surface area contributed by atoms with Gasteiger partial charge in [-0.3, -0.25) is 9.63 Å². The van der Waals surface area contributed by atoms with Gasteiger partial charge in [-0.2, -0.15) is 0 Å². The van der Waals surface area contributed by atoms with Crippen molar-refractivity contribution in [1.29, 1.82) is 0 Å². The minimum Gasteiger partial charge on any atom is -0.352 e. The maximum Gasteiger partial charge on any atom is 0.264 e. The second kappa shape index (κ2) is 8.60. The third-order valence-corrected chi connectivity index (χ3v) is 6.25. The van der Waals surface area contributed by atoms with Gasteiger partial charge in [0.1, 0.15) is 0 Å². The molecule has 1 aliphatic carbocycles. The molecule has 0 unspecified atom stereocenters. The SMILES string of the molecule is CON(C)S(=O)(=O)c1ccc(C(=O)NCCCC2CCCC2)cc1. The summed E-state index contributed by atoms with van der Waals surface area (Å²) in [5, 5.41) is 2.89. The Labute approximate surface area is 144 Å². The minimum absolute atomic E-state index is 0.0876. The number of sulfonamides is 1. The molecule has 6 nitrogen and oxygen atoms in total. The fourth-order valence-corrected chi connectivity index (χ4v) is 3.99. The molecule has 0 heterocycles. The van der Waals surface area contributed by atoms with Crippen LogP contribution < -0.4 is 5.32 Å². The number of rotatable bonds is 8. The van der Waals surface area contributed by atoms with E-state index >= 15 is 0 Å². The number of nitrogens with zero attached hydrogens (tertiary/aromatic N) is 1. The van der Waals surface area contributed by atoms with Gasteiger partial charge in [0.2, 0.25) is 0 Å². The van der Waals surface area contributed by atoms with Gasteiger partial charge in [0.05, 0.1) is 12.0 Å². The van der Waals surface area contributed by atoms with Crippen LogP contribution in [0.1, 0.15) is 48.9 Å². The van der Waals surface area contributed by atoms with Crippen molar-refractivity contribution < 1.29 is 18.0 Å². The summed E-state index contributed by atoms with van der Waals surface area (Å²) in [5.41, 5.74) is 0.454. The molecule has 0 radical (unpaired) electrons. The van der Waals surface area contributed by atoms with E-state index in [-0.39, 0.29) is 10.8 Å². The molecule has 1 amide bonds. The fourth-order valence-electron chi connectivity index (χ4n) is 3.02. The number of nitrogens with one attached hydrogen (secondary N) is 1. The van der Waals surface area contributed by atoms with Crippen LogP contribution in [0.2, 0.25) is 0 Å². The van der Waals surface area contributed by atoms with Crippen molar-refractivity contribution in [2.24, 2.45) is 5.92 Å². The molecule has 134 valence electrons. The van der Waals surface area contributed by atoms with Crippen molar-refractivity contribution in [2.75, 3.05) is 20.7 Å². The molecule has 0 aromatic heterocycles. The highest BCUT2D eigenvalue weighted by atomic mass is 32.2. The van der Waals surface area contributed by atoms with Gasteiger partial charge in [0.15, 0.2) is 0 Å². The highest BCUT2D eigenvalue weighted by Crippen LogP contribution is 2.28. The van der Waals surface area contributed by atoms with Crippen LogP contribution in [0, 0.1) is 5.92 Å². The topological polar surface area (TPSA) is 75.7 Å². The van der Waals surface area contributed by atoms with E-state index in [1.807, 2.05) is 0 Å². The summed E-state index contributed by atoms with van der Waals surface area (Å²) in [5.74, 6) is 0.648. The molecule has 0 spiro atoms. The van der Waals surface area contributed by atoms with Gasteiger partial charge in [-0.05, 0) is 43.0 Å². The molecule has 1 aromatic rings. The smallest absolute Gasteiger partial charge is 0.264 e. The first-order valence-corrected chi connectivity index (χ1v) is 9.80. The maximum absolute atomic E-state index is 12.1. The standard InChI is InChI=1S/C17H26N2O4S/c1-19(23-2)24(21,22)16-11-9-15(10-12-16)17(20)18-13-5-8-14-6-3-4-7-14/h9-12,14H,3-8,13H2,1-2H3,(H,18,20). The van der Waals surface area contributed by atoms with Crippen LogP contribution >= 0.6 is 0 Å². The van der Waals surface area contributed by atoms with Crippen molar-refractivity contribution in [3.05, 3.63) is 29.8 Å². The van der Waals surface area contributed by atoms with Crippen LogP contribution in [0.4, 0.5) is 0 Å². The zero-order chi connectivity index (χ0) is 17.6. The Bertz CT molecular complexity index is 637. The van der Waals surface area contributed by atoms with E-state index in [1.54, 1.807) is 0 Å². The first-order valence-electron chi connectivity index (χ1n) is 8.36. The van der Waals surface area contributed by atoms with Gasteiger partial charge >= 0.3 is 0 Å². The zero-order valence-corrected chi connectivity index (χ0v) is 15.1. The van der Waals surface area contributed by atoms with Crippen LogP contribution in [0.15, 0.2) is 29.2 Å². The molecule has 0 saturated heterocycles. The third-order valence-electron chi connectivity index (χ3n) is 4.56. The molecule has 7 heteroatoms. The van der Waals surface area contributed by atoms with Gasteiger partial charge in [0, 0.05) is 19.2 Å². The van der Waals surface area contributed by atoms with Crippen molar-refractivity contribution in [1.82, 2.24) is 9.79 Å². The van der Waals surface area contributed by atoms with Gasteiger partial charge in [-0.15, -0.1) is 0 Å². The zero-order valence-electron chi connectivity index (χ0n) is 14.3. The summed E-state index contributed by atoms with van der Waals surface area (Å²) in [4.78, 5) is 16.9. The van der Waals surface area contributed by atoms with E-state index in [2.05, 4.69) is 5.32 Å².